The average Bonchev–Trinajstić information content (AvgIpc) is 2.48. The molecule has 90 valence electrons. The van der Waals surface area contributed by atoms with E-state index < -0.39 is 0 Å². The number of amides is 1. The average molecular weight is 224 g/mol. The van der Waals surface area contributed by atoms with E-state index in [9.17, 15) is 4.79 Å². The molecule has 1 heterocycles. The second kappa shape index (κ2) is 4.55. The van der Waals surface area contributed by atoms with Crippen LogP contribution in [-0.4, -0.2) is 34.2 Å². The molecule has 0 unspecified atom stereocenters. The monoisotopic (exact) mass is 224 g/mol. The molecule has 16 heavy (non-hydrogen) atoms. The highest BCUT2D eigenvalue weighted by Crippen LogP contribution is 2.14. The zero-order valence-electron chi connectivity index (χ0n) is 10.4. The van der Waals surface area contributed by atoms with Gasteiger partial charge in [-0.3, -0.25) is 9.48 Å². The number of hydrogen-bond donors (Lipinski definition) is 1. The van der Waals surface area contributed by atoms with Crippen molar-refractivity contribution in [2.45, 2.75) is 27.3 Å². The van der Waals surface area contributed by atoms with E-state index in [0.29, 0.717) is 5.69 Å². The molecule has 0 bridgehead atoms. The first-order chi connectivity index (χ1) is 7.28. The molecule has 0 aliphatic heterocycles. The maximum absolute atomic E-state index is 11.8. The van der Waals surface area contributed by atoms with Gasteiger partial charge >= 0.3 is 0 Å². The summed E-state index contributed by atoms with van der Waals surface area (Å²) in [6, 6.07) is 0. The van der Waals surface area contributed by atoms with Gasteiger partial charge in [-0.05, 0) is 5.41 Å². The van der Waals surface area contributed by atoms with Crippen LogP contribution in [0.25, 0.3) is 0 Å². The van der Waals surface area contributed by atoms with Crippen LogP contribution in [0.3, 0.4) is 0 Å². The van der Waals surface area contributed by atoms with E-state index in [2.05, 4.69) is 25.9 Å². The summed E-state index contributed by atoms with van der Waals surface area (Å²) >= 11 is 0. The summed E-state index contributed by atoms with van der Waals surface area (Å²) in [6.45, 7) is 7.26. The lowest BCUT2D eigenvalue weighted by molar-refractivity contribution is -0.131. The highest BCUT2D eigenvalue weighted by Gasteiger charge is 2.17. The van der Waals surface area contributed by atoms with E-state index in [1.54, 1.807) is 22.8 Å². The molecule has 0 fully saturated rings. The number of nitrogens with two attached hydrogens (primary N) is 1. The third-order valence-corrected chi connectivity index (χ3v) is 2.09. The molecular formula is C11H20N4O. The zero-order valence-corrected chi connectivity index (χ0v) is 10.4. The number of anilines is 1. The minimum Gasteiger partial charge on any atom is -0.396 e. The number of likely N-dealkylation sites (N-methyl/N-ethyl adjacent to an activating group) is 1. The van der Waals surface area contributed by atoms with E-state index in [-0.39, 0.29) is 17.9 Å². The summed E-state index contributed by atoms with van der Waals surface area (Å²) in [4.78, 5) is 13.5. The molecule has 0 spiro atoms. The number of nitrogen functional groups attached to an aromatic ring is 1. The van der Waals surface area contributed by atoms with Gasteiger partial charge in [0, 0.05) is 19.8 Å². The molecule has 0 saturated carbocycles. The molecule has 1 aromatic heterocycles. The van der Waals surface area contributed by atoms with Gasteiger partial charge in [-0.2, -0.15) is 5.10 Å². The molecule has 1 rings (SSSR count). The Kier molecular flexibility index (Phi) is 3.57. The van der Waals surface area contributed by atoms with Gasteiger partial charge in [0.25, 0.3) is 0 Å². The molecule has 5 nitrogen and oxygen atoms in total. The van der Waals surface area contributed by atoms with Crippen LogP contribution in [0.5, 0.6) is 0 Å². The van der Waals surface area contributed by atoms with Crippen LogP contribution in [0.15, 0.2) is 12.4 Å². The highest BCUT2D eigenvalue weighted by atomic mass is 16.2. The lowest BCUT2D eigenvalue weighted by Crippen LogP contribution is -2.36. The van der Waals surface area contributed by atoms with Gasteiger partial charge in [-0.1, -0.05) is 20.8 Å². The smallest absolute Gasteiger partial charge is 0.244 e. The van der Waals surface area contributed by atoms with Gasteiger partial charge in [0.05, 0.1) is 11.9 Å². The van der Waals surface area contributed by atoms with Crippen LogP contribution in [0.2, 0.25) is 0 Å². The second-order valence-corrected chi connectivity index (χ2v) is 5.28. The molecule has 1 aromatic rings. The summed E-state index contributed by atoms with van der Waals surface area (Å²) < 4.78 is 1.55. The molecular weight excluding hydrogens is 204 g/mol. The first-order valence-electron chi connectivity index (χ1n) is 5.30. The Bertz CT molecular complexity index is 364. The lowest BCUT2D eigenvalue weighted by atomic mass is 9.96. The summed E-state index contributed by atoms with van der Waals surface area (Å²) in [6.07, 6.45) is 3.19. The van der Waals surface area contributed by atoms with Crippen LogP contribution in [0.4, 0.5) is 5.69 Å². The van der Waals surface area contributed by atoms with Gasteiger partial charge in [-0.15, -0.1) is 0 Å². The van der Waals surface area contributed by atoms with Crippen molar-refractivity contribution in [3.8, 4) is 0 Å². The van der Waals surface area contributed by atoms with Crippen molar-refractivity contribution in [3.63, 3.8) is 0 Å². The van der Waals surface area contributed by atoms with E-state index in [0.717, 1.165) is 6.54 Å². The van der Waals surface area contributed by atoms with Crippen LogP contribution in [0, 0.1) is 5.41 Å². The van der Waals surface area contributed by atoms with Crippen LogP contribution in [-0.2, 0) is 11.3 Å². The number of nitrogens with zero attached hydrogens (tertiary/aromatic N) is 3. The fraction of sp³-hybridized carbons (Fsp3) is 0.636. The van der Waals surface area contributed by atoms with Gasteiger partial charge in [-0.25, -0.2) is 0 Å². The van der Waals surface area contributed by atoms with E-state index in [1.807, 2.05) is 0 Å². The van der Waals surface area contributed by atoms with Gasteiger partial charge < -0.3 is 10.6 Å². The number of aromatic nitrogens is 2. The SMILES string of the molecule is CN(CC(C)(C)C)C(=O)Cn1cc(N)cn1. The maximum atomic E-state index is 11.8. The van der Waals surface area contributed by atoms with Crippen LogP contribution < -0.4 is 5.73 Å². The predicted octanol–water partition coefficient (Wildman–Crippen LogP) is 0.970. The second-order valence-electron chi connectivity index (χ2n) is 5.28. The molecule has 0 aromatic carbocycles. The van der Waals surface area contributed by atoms with Crippen molar-refractivity contribution in [3.05, 3.63) is 12.4 Å². The van der Waals surface area contributed by atoms with E-state index >= 15 is 0 Å². The van der Waals surface area contributed by atoms with Gasteiger partial charge in [0.2, 0.25) is 5.91 Å². The Labute approximate surface area is 96.2 Å². The van der Waals surface area contributed by atoms with Crippen molar-refractivity contribution in [2.75, 3.05) is 19.3 Å². The summed E-state index contributed by atoms with van der Waals surface area (Å²) in [5.74, 6) is 0.0398. The predicted molar refractivity (Wildman–Crippen MR) is 63.7 cm³/mol. The molecule has 0 atom stereocenters. The number of hydrogen-bond acceptors (Lipinski definition) is 3. The van der Waals surface area contributed by atoms with E-state index in [1.165, 1.54) is 6.20 Å². The minimum atomic E-state index is 0.0398. The Balaban J connectivity index is 2.52. The van der Waals surface area contributed by atoms with Crippen LogP contribution in [0.1, 0.15) is 20.8 Å². The Morgan fingerprint density at radius 1 is 1.56 bits per heavy atom. The Hall–Kier alpha value is -1.52. The Morgan fingerprint density at radius 3 is 2.62 bits per heavy atom. The summed E-state index contributed by atoms with van der Waals surface area (Å²) in [5, 5.41) is 3.98. The van der Waals surface area contributed by atoms with Crippen molar-refractivity contribution < 1.29 is 4.79 Å². The summed E-state index contributed by atoms with van der Waals surface area (Å²) in [5.41, 5.74) is 6.20. The van der Waals surface area contributed by atoms with Gasteiger partial charge in [0.1, 0.15) is 6.54 Å². The standard InChI is InChI=1S/C11H20N4O/c1-11(2,3)8-14(4)10(16)7-15-6-9(12)5-13-15/h5-6H,7-8,12H2,1-4H3. The fourth-order valence-corrected chi connectivity index (χ4v) is 1.53. The quantitative estimate of drug-likeness (QED) is 0.832. The van der Waals surface area contributed by atoms with Crippen molar-refractivity contribution >= 4 is 11.6 Å². The van der Waals surface area contributed by atoms with Crippen molar-refractivity contribution in [2.24, 2.45) is 5.41 Å². The van der Waals surface area contributed by atoms with E-state index in [4.69, 9.17) is 5.73 Å². The van der Waals surface area contributed by atoms with Gasteiger partial charge in [0.15, 0.2) is 0 Å². The largest absolute Gasteiger partial charge is 0.396 e. The molecule has 1 amide bonds. The third-order valence-electron chi connectivity index (χ3n) is 2.09. The normalized spacial score (nSPS) is 11.5. The number of carbonyl (C=O) groups excluding carboxylic acids is 1. The molecule has 0 aliphatic rings. The molecule has 0 radical (unpaired) electrons. The minimum absolute atomic E-state index is 0.0398. The topological polar surface area (TPSA) is 64.2 Å². The lowest BCUT2D eigenvalue weighted by Gasteiger charge is -2.26. The summed E-state index contributed by atoms with van der Waals surface area (Å²) in [7, 11) is 1.81. The molecule has 0 aliphatic carbocycles. The fourth-order valence-electron chi connectivity index (χ4n) is 1.53. The first-order valence-corrected chi connectivity index (χ1v) is 5.30. The third kappa shape index (κ3) is 3.92. The molecule has 2 N–H and O–H groups in total. The first kappa shape index (κ1) is 12.5. The number of carbonyl (C=O) groups is 1. The van der Waals surface area contributed by atoms with Crippen molar-refractivity contribution in [1.29, 1.82) is 0 Å². The van der Waals surface area contributed by atoms with Crippen molar-refractivity contribution in [1.82, 2.24) is 14.7 Å². The highest BCUT2D eigenvalue weighted by molar-refractivity contribution is 5.75. The van der Waals surface area contributed by atoms with Crippen LogP contribution >= 0.6 is 0 Å². The maximum Gasteiger partial charge on any atom is 0.244 e. The Morgan fingerprint density at radius 2 is 2.19 bits per heavy atom. The number of rotatable bonds is 3. The molecule has 5 heteroatoms. The molecule has 0 saturated heterocycles. The zero-order chi connectivity index (χ0) is 12.3.